The number of hydrogen-bond donors (Lipinski definition) is 1. The molecule has 0 fully saturated rings. The number of benzene rings is 1. The Balaban J connectivity index is 2.69. The standard InChI is InChI=1S/C10H12O4S/c1-8(2)9-3-5-10(6-4-9)14-7-15(11,12)13/h3-6H,1,7H2,2H3,(H,11,12,13). The fraction of sp³-hybridized carbons (Fsp3) is 0.200. The zero-order valence-electron chi connectivity index (χ0n) is 8.30. The van der Waals surface area contributed by atoms with Crippen LogP contribution in [0.4, 0.5) is 0 Å². The van der Waals surface area contributed by atoms with Gasteiger partial charge in [-0.2, -0.15) is 8.42 Å². The Morgan fingerprint density at radius 3 is 2.33 bits per heavy atom. The van der Waals surface area contributed by atoms with E-state index in [-0.39, 0.29) is 0 Å². The van der Waals surface area contributed by atoms with E-state index >= 15 is 0 Å². The van der Waals surface area contributed by atoms with Gasteiger partial charge in [-0.3, -0.25) is 4.55 Å². The first-order valence-corrected chi connectivity index (χ1v) is 5.83. The number of allylic oxidation sites excluding steroid dienone is 1. The molecule has 0 aromatic heterocycles. The highest BCUT2D eigenvalue weighted by Crippen LogP contribution is 2.17. The lowest BCUT2D eigenvalue weighted by molar-refractivity contribution is 0.353. The van der Waals surface area contributed by atoms with Crippen molar-refractivity contribution in [1.82, 2.24) is 0 Å². The van der Waals surface area contributed by atoms with E-state index in [1.54, 1.807) is 24.3 Å². The van der Waals surface area contributed by atoms with E-state index in [4.69, 9.17) is 9.29 Å². The number of rotatable bonds is 4. The summed E-state index contributed by atoms with van der Waals surface area (Å²) in [5, 5.41) is 0. The third kappa shape index (κ3) is 4.14. The molecule has 0 atom stereocenters. The Morgan fingerprint density at radius 1 is 1.40 bits per heavy atom. The first-order chi connectivity index (χ1) is 6.88. The predicted octanol–water partition coefficient (Wildman–Crippen LogP) is 1.94. The van der Waals surface area contributed by atoms with Gasteiger partial charge in [0.05, 0.1) is 0 Å². The van der Waals surface area contributed by atoms with Crippen molar-refractivity contribution in [3.63, 3.8) is 0 Å². The summed E-state index contributed by atoms with van der Waals surface area (Å²) < 4.78 is 34.1. The summed E-state index contributed by atoms with van der Waals surface area (Å²) in [5.74, 6) is -0.350. The van der Waals surface area contributed by atoms with Crippen molar-refractivity contribution in [1.29, 1.82) is 0 Å². The summed E-state index contributed by atoms with van der Waals surface area (Å²) in [6.07, 6.45) is 0. The monoisotopic (exact) mass is 228 g/mol. The predicted molar refractivity (Wildman–Crippen MR) is 58.2 cm³/mol. The van der Waals surface area contributed by atoms with Gasteiger partial charge < -0.3 is 4.74 Å². The van der Waals surface area contributed by atoms with Crippen molar-refractivity contribution in [2.24, 2.45) is 0 Å². The van der Waals surface area contributed by atoms with Gasteiger partial charge in [0.15, 0.2) is 0 Å². The van der Waals surface area contributed by atoms with Crippen LogP contribution in [0.2, 0.25) is 0 Å². The largest absolute Gasteiger partial charge is 0.475 e. The van der Waals surface area contributed by atoms with Crippen LogP contribution in [0.25, 0.3) is 5.57 Å². The second-order valence-electron chi connectivity index (χ2n) is 3.15. The van der Waals surface area contributed by atoms with E-state index in [1.165, 1.54) is 0 Å². The van der Waals surface area contributed by atoms with Gasteiger partial charge in [0.2, 0.25) is 5.94 Å². The molecule has 0 amide bonds. The fourth-order valence-electron chi connectivity index (χ4n) is 0.978. The molecular weight excluding hydrogens is 216 g/mol. The first kappa shape index (κ1) is 11.7. The lowest BCUT2D eigenvalue weighted by atomic mass is 10.1. The van der Waals surface area contributed by atoms with Crippen molar-refractivity contribution in [2.45, 2.75) is 6.92 Å². The molecular formula is C10H12O4S. The van der Waals surface area contributed by atoms with Gasteiger partial charge in [0.1, 0.15) is 5.75 Å². The van der Waals surface area contributed by atoms with Crippen LogP contribution in [0.5, 0.6) is 5.75 Å². The Bertz CT molecular complexity index is 445. The highest BCUT2D eigenvalue weighted by atomic mass is 32.2. The molecule has 1 N–H and O–H groups in total. The molecule has 0 aliphatic heterocycles. The van der Waals surface area contributed by atoms with Crippen LogP contribution in [0, 0.1) is 0 Å². The molecule has 0 saturated carbocycles. The lowest BCUT2D eigenvalue weighted by Gasteiger charge is -2.05. The summed E-state index contributed by atoms with van der Waals surface area (Å²) in [6, 6.07) is 6.77. The number of hydrogen-bond acceptors (Lipinski definition) is 3. The maximum absolute atomic E-state index is 10.4. The second kappa shape index (κ2) is 4.46. The maximum atomic E-state index is 10.4. The molecule has 0 aliphatic rings. The molecule has 0 spiro atoms. The molecule has 0 saturated heterocycles. The topological polar surface area (TPSA) is 63.6 Å². The minimum absolute atomic E-state index is 0.387. The summed E-state index contributed by atoms with van der Waals surface area (Å²) >= 11 is 0. The van der Waals surface area contributed by atoms with Crippen LogP contribution in [0.3, 0.4) is 0 Å². The average Bonchev–Trinajstić information content (AvgIpc) is 2.14. The fourth-order valence-corrected chi connectivity index (χ4v) is 1.26. The van der Waals surface area contributed by atoms with Crippen molar-refractivity contribution < 1.29 is 17.7 Å². The van der Waals surface area contributed by atoms with E-state index in [9.17, 15) is 8.42 Å². The minimum atomic E-state index is -4.09. The van der Waals surface area contributed by atoms with E-state index in [0.717, 1.165) is 11.1 Å². The molecule has 82 valence electrons. The van der Waals surface area contributed by atoms with E-state index in [1.807, 2.05) is 6.92 Å². The third-order valence-corrected chi connectivity index (χ3v) is 2.14. The molecule has 0 bridgehead atoms. The molecule has 0 aliphatic carbocycles. The van der Waals surface area contributed by atoms with Crippen LogP contribution in [0.1, 0.15) is 12.5 Å². The van der Waals surface area contributed by atoms with Crippen molar-refractivity contribution in [3.05, 3.63) is 36.4 Å². The second-order valence-corrected chi connectivity index (χ2v) is 4.55. The highest BCUT2D eigenvalue weighted by molar-refractivity contribution is 7.85. The molecule has 1 rings (SSSR count). The zero-order valence-corrected chi connectivity index (χ0v) is 9.12. The highest BCUT2D eigenvalue weighted by Gasteiger charge is 2.05. The smallest absolute Gasteiger partial charge is 0.300 e. The zero-order chi connectivity index (χ0) is 11.5. The maximum Gasteiger partial charge on any atom is 0.300 e. The normalized spacial score (nSPS) is 11.1. The molecule has 0 unspecified atom stereocenters. The summed E-state index contributed by atoms with van der Waals surface area (Å²) in [5.41, 5.74) is 1.87. The molecule has 1 aromatic rings. The molecule has 4 nitrogen and oxygen atoms in total. The minimum Gasteiger partial charge on any atom is -0.475 e. The van der Waals surface area contributed by atoms with Crippen LogP contribution in [0.15, 0.2) is 30.8 Å². The van der Waals surface area contributed by atoms with Gasteiger partial charge in [-0.25, -0.2) is 0 Å². The van der Waals surface area contributed by atoms with Gasteiger partial charge in [0, 0.05) is 0 Å². The Kier molecular flexibility index (Phi) is 3.49. The van der Waals surface area contributed by atoms with Crippen LogP contribution >= 0.6 is 0 Å². The third-order valence-electron chi connectivity index (χ3n) is 1.72. The summed E-state index contributed by atoms with van der Waals surface area (Å²) in [7, 11) is -4.09. The van der Waals surface area contributed by atoms with Crippen LogP contribution in [-0.4, -0.2) is 18.9 Å². The Hall–Kier alpha value is -1.33. The molecule has 0 radical (unpaired) electrons. The van der Waals surface area contributed by atoms with E-state index < -0.39 is 16.1 Å². The Morgan fingerprint density at radius 2 is 1.93 bits per heavy atom. The van der Waals surface area contributed by atoms with Crippen molar-refractivity contribution in [3.8, 4) is 5.75 Å². The van der Waals surface area contributed by atoms with E-state index in [0.29, 0.717) is 5.75 Å². The number of ether oxygens (including phenoxy) is 1. The quantitative estimate of drug-likeness (QED) is 0.800. The van der Waals surface area contributed by atoms with Gasteiger partial charge in [-0.05, 0) is 24.6 Å². The van der Waals surface area contributed by atoms with Crippen LogP contribution in [-0.2, 0) is 10.1 Å². The lowest BCUT2D eigenvalue weighted by Crippen LogP contribution is -2.10. The Labute approximate surface area is 88.9 Å². The van der Waals surface area contributed by atoms with E-state index in [2.05, 4.69) is 6.58 Å². The molecule has 5 heteroatoms. The van der Waals surface area contributed by atoms with Gasteiger partial charge in [-0.15, -0.1) is 0 Å². The van der Waals surface area contributed by atoms with Gasteiger partial charge >= 0.3 is 10.1 Å². The molecule has 1 aromatic carbocycles. The van der Waals surface area contributed by atoms with Crippen LogP contribution < -0.4 is 4.74 Å². The van der Waals surface area contributed by atoms with Gasteiger partial charge in [0.25, 0.3) is 0 Å². The molecule has 15 heavy (non-hydrogen) atoms. The molecule has 0 heterocycles. The first-order valence-electron chi connectivity index (χ1n) is 4.22. The summed E-state index contributed by atoms with van der Waals surface area (Å²) in [4.78, 5) is 0. The SMILES string of the molecule is C=C(C)c1ccc(OCS(=O)(=O)O)cc1. The van der Waals surface area contributed by atoms with Crippen molar-refractivity contribution in [2.75, 3.05) is 5.94 Å². The van der Waals surface area contributed by atoms with Gasteiger partial charge in [-0.1, -0.05) is 24.3 Å². The van der Waals surface area contributed by atoms with Crippen molar-refractivity contribution >= 4 is 15.7 Å². The average molecular weight is 228 g/mol. The summed E-state index contributed by atoms with van der Waals surface area (Å²) in [6.45, 7) is 5.63.